The number of nitrogens with zero attached hydrogens (tertiary/aromatic N) is 1. The predicted molar refractivity (Wildman–Crippen MR) is 118 cm³/mol. The van der Waals surface area contributed by atoms with Gasteiger partial charge in [-0.1, -0.05) is 20.8 Å². The molecule has 0 radical (unpaired) electrons. The summed E-state index contributed by atoms with van der Waals surface area (Å²) >= 11 is 0. The minimum Gasteiger partial charge on any atom is -0.446 e. The van der Waals surface area contributed by atoms with Crippen molar-refractivity contribution < 1.29 is 14.3 Å². The molecule has 4 aliphatic rings. The standard InChI is InChI=1S/C25H42N2O3/c1-15-14-19(30-22(29)26-23(2,3)4)25(6)12-10-17-16(21(15)25)8-9-18-24(17,5)13-11-20(28)27(18)7/h15-19,21H,8-14H2,1-7H3,(H,26,29)/t15-,16-,17+,18-,19+,21+,24-,25-/m1/s1. The molecule has 1 N–H and O–H groups in total. The van der Waals surface area contributed by atoms with Crippen LogP contribution in [0, 0.1) is 34.5 Å². The van der Waals surface area contributed by atoms with E-state index in [4.69, 9.17) is 4.74 Å². The molecule has 5 nitrogen and oxygen atoms in total. The van der Waals surface area contributed by atoms with Gasteiger partial charge in [0, 0.05) is 30.5 Å². The zero-order valence-electron chi connectivity index (χ0n) is 20.1. The Hall–Kier alpha value is -1.26. The molecule has 4 rings (SSSR count). The Morgan fingerprint density at radius 1 is 1.13 bits per heavy atom. The summed E-state index contributed by atoms with van der Waals surface area (Å²) in [4.78, 5) is 27.0. The van der Waals surface area contributed by atoms with E-state index in [0.29, 0.717) is 42.0 Å². The number of carbonyl (C=O) groups is 2. The molecular weight excluding hydrogens is 376 g/mol. The molecule has 3 saturated carbocycles. The van der Waals surface area contributed by atoms with E-state index in [2.05, 4.69) is 31.0 Å². The summed E-state index contributed by atoms with van der Waals surface area (Å²) in [5, 5.41) is 2.98. The summed E-state index contributed by atoms with van der Waals surface area (Å²) in [5.41, 5.74) is 0.0151. The second kappa shape index (κ2) is 7.13. The Bertz CT molecular complexity index is 716. The Labute approximate surface area is 182 Å². The number of nitrogens with one attached hydrogen (secondary N) is 1. The van der Waals surface area contributed by atoms with Gasteiger partial charge in [-0.25, -0.2) is 4.79 Å². The molecule has 0 aromatic carbocycles. The van der Waals surface area contributed by atoms with Gasteiger partial charge in [0.2, 0.25) is 5.91 Å². The molecule has 0 aromatic rings. The van der Waals surface area contributed by atoms with Crippen LogP contribution in [0.2, 0.25) is 0 Å². The van der Waals surface area contributed by atoms with Crippen molar-refractivity contribution >= 4 is 12.0 Å². The first-order valence-electron chi connectivity index (χ1n) is 12.1. The Morgan fingerprint density at radius 3 is 2.50 bits per heavy atom. The van der Waals surface area contributed by atoms with E-state index in [-0.39, 0.29) is 28.6 Å². The summed E-state index contributed by atoms with van der Waals surface area (Å²) in [7, 11) is 2.02. The van der Waals surface area contributed by atoms with Crippen molar-refractivity contribution in [3.8, 4) is 0 Å². The number of hydrogen-bond donors (Lipinski definition) is 1. The quantitative estimate of drug-likeness (QED) is 0.653. The zero-order valence-corrected chi connectivity index (χ0v) is 20.1. The molecule has 3 aliphatic carbocycles. The maximum Gasteiger partial charge on any atom is 0.407 e. The number of rotatable bonds is 1. The van der Waals surface area contributed by atoms with Crippen LogP contribution in [0.15, 0.2) is 0 Å². The number of ether oxygens (including phenoxy) is 1. The summed E-state index contributed by atoms with van der Waals surface area (Å²) in [5.74, 6) is 2.85. The first-order chi connectivity index (χ1) is 13.9. The Morgan fingerprint density at radius 2 is 1.83 bits per heavy atom. The lowest BCUT2D eigenvalue weighted by molar-refractivity contribution is -0.161. The van der Waals surface area contributed by atoms with Gasteiger partial charge in [-0.2, -0.15) is 0 Å². The van der Waals surface area contributed by atoms with Crippen LogP contribution in [-0.4, -0.2) is 41.6 Å². The van der Waals surface area contributed by atoms with E-state index in [1.807, 2.05) is 27.8 Å². The fourth-order valence-electron chi connectivity index (χ4n) is 8.28. The predicted octanol–water partition coefficient (Wildman–Crippen LogP) is 4.99. The lowest BCUT2D eigenvalue weighted by Crippen LogP contribution is -2.61. The van der Waals surface area contributed by atoms with Gasteiger partial charge >= 0.3 is 6.09 Å². The van der Waals surface area contributed by atoms with Crippen molar-refractivity contribution in [1.29, 1.82) is 0 Å². The molecule has 0 unspecified atom stereocenters. The normalized spacial score (nSPS) is 46.0. The van der Waals surface area contributed by atoms with E-state index in [1.54, 1.807) is 0 Å². The largest absolute Gasteiger partial charge is 0.446 e. The number of amides is 2. The average Bonchev–Trinajstić information content (AvgIpc) is 2.87. The molecule has 30 heavy (non-hydrogen) atoms. The smallest absolute Gasteiger partial charge is 0.407 e. The number of piperidine rings is 1. The minimum absolute atomic E-state index is 0.00179. The van der Waals surface area contributed by atoms with Crippen LogP contribution < -0.4 is 5.32 Å². The molecule has 8 atom stereocenters. The summed E-state index contributed by atoms with van der Waals surface area (Å²) in [6.07, 6.45) is 7.07. The van der Waals surface area contributed by atoms with Crippen molar-refractivity contribution in [2.24, 2.45) is 34.5 Å². The van der Waals surface area contributed by atoms with E-state index in [1.165, 1.54) is 12.8 Å². The first kappa shape index (κ1) is 22.0. The Balaban J connectivity index is 1.55. The van der Waals surface area contributed by atoms with Gasteiger partial charge in [-0.05, 0) is 88.4 Å². The molecular formula is C25H42N2O3. The van der Waals surface area contributed by atoms with Gasteiger partial charge in [-0.3, -0.25) is 4.79 Å². The topological polar surface area (TPSA) is 58.6 Å². The van der Waals surface area contributed by atoms with Crippen molar-refractivity contribution in [2.45, 2.75) is 104 Å². The van der Waals surface area contributed by atoms with Crippen molar-refractivity contribution in [1.82, 2.24) is 10.2 Å². The molecule has 5 heteroatoms. The van der Waals surface area contributed by atoms with Gasteiger partial charge in [-0.15, -0.1) is 0 Å². The molecule has 1 heterocycles. The van der Waals surface area contributed by atoms with Crippen LogP contribution in [-0.2, 0) is 9.53 Å². The minimum atomic E-state index is -0.281. The van der Waals surface area contributed by atoms with E-state index in [9.17, 15) is 9.59 Å². The average molecular weight is 419 g/mol. The molecule has 4 fully saturated rings. The number of fused-ring (bicyclic) bond motifs is 5. The second-order valence-corrected chi connectivity index (χ2v) is 12.4. The van der Waals surface area contributed by atoms with Crippen LogP contribution >= 0.6 is 0 Å². The highest BCUT2D eigenvalue weighted by Gasteiger charge is 2.63. The van der Waals surface area contributed by atoms with Crippen LogP contribution in [0.3, 0.4) is 0 Å². The lowest BCUT2D eigenvalue weighted by Gasteiger charge is -2.62. The fourth-order valence-corrected chi connectivity index (χ4v) is 8.28. The maximum absolute atomic E-state index is 12.6. The number of likely N-dealkylation sites (tertiary alicyclic amines) is 1. The highest BCUT2D eigenvalue weighted by Crippen LogP contribution is 2.66. The summed E-state index contributed by atoms with van der Waals surface area (Å²) in [6.45, 7) is 13.2. The molecule has 1 aliphatic heterocycles. The molecule has 0 spiro atoms. The third kappa shape index (κ3) is 3.35. The number of alkyl carbamates (subject to hydrolysis) is 1. The van der Waals surface area contributed by atoms with Crippen LogP contribution in [0.25, 0.3) is 0 Å². The van der Waals surface area contributed by atoms with Gasteiger partial charge in [0.1, 0.15) is 6.10 Å². The lowest BCUT2D eigenvalue weighted by atomic mass is 9.46. The molecule has 2 amide bonds. The van der Waals surface area contributed by atoms with Gasteiger partial charge < -0.3 is 15.0 Å². The van der Waals surface area contributed by atoms with E-state index >= 15 is 0 Å². The fraction of sp³-hybridized carbons (Fsp3) is 0.920. The van der Waals surface area contributed by atoms with Crippen LogP contribution in [0.4, 0.5) is 4.79 Å². The molecule has 170 valence electrons. The summed E-state index contributed by atoms with van der Waals surface area (Å²) < 4.78 is 6.07. The van der Waals surface area contributed by atoms with Crippen molar-refractivity contribution in [3.63, 3.8) is 0 Å². The Kier molecular flexibility index (Phi) is 5.22. The third-order valence-electron chi connectivity index (χ3n) is 9.51. The first-order valence-corrected chi connectivity index (χ1v) is 12.1. The highest BCUT2D eigenvalue weighted by molar-refractivity contribution is 5.77. The highest BCUT2D eigenvalue weighted by atomic mass is 16.6. The third-order valence-corrected chi connectivity index (χ3v) is 9.51. The summed E-state index contributed by atoms with van der Waals surface area (Å²) in [6, 6.07) is 0.394. The maximum atomic E-state index is 12.6. The monoisotopic (exact) mass is 418 g/mol. The number of hydrogen-bond acceptors (Lipinski definition) is 3. The van der Waals surface area contributed by atoms with Gasteiger partial charge in [0.05, 0.1) is 0 Å². The van der Waals surface area contributed by atoms with Crippen LogP contribution in [0.5, 0.6) is 0 Å². The molecule has 0 bridgehead atoms. The van der Waals surface area contributed by atoms with E-state index in [0.717, 1.165) is 25.7 Å². The van der Waals surface area contributed by atoms with Crippen molar-refractivity contribution in [3.05, 3.63) is 0 Å². The van der Waals surface area contributed by atoms with Gasteiger partial charge in [0.25, 0.3) is 0 Å². The molecule has 0 aromatic heterocycles. The SMILES string of the molecule is C[C@@H]1C[C@H](OC(=O)NC(C)(C)C)[C@@]2(C)CC[C@H]3[C@@H](CC[C@H]4N(C)C(=O)CC[C@]34C)[C@H]12. The zero-order chi connectivity index (χ0) is 22.1. The second-order valence-electron chi connectivity index (χ2n) is 12.4. The number of carbonyl (C=O) groups excluding carboxylic acids is 2. The van der Waals surface area contributed by atoms with E-state index < -0.39 is 0 Å². The molecule has 1 saturated heterocycles. The van der Waals surface area contributed by atoms with Gasteiger partial charge in [0.15, 0.2) is 0 Å². The van der Waals surface area contributed by atoms with Crippen molar-refractivity contribution in [2.75, 3.05) is 7.05 Å². The van der Waals surface area contributed by atoms with Crippen LogP contribution in [0.1, 0.15) is 86.5 Å².